The zero-order valence-electron chi connectivity index (χ0n) is 17.9. The summed E-state index contributed by atoms with van der Waals surface area (Å²) in [6.45, 7) is 4.22. The summed E-state index contributed by atoms with van der Waals surface area (Å²) in [7, 11) is 0. The lowest BCUT2D eigenvalue weighted by atomic mass is 10.1. The molecule has 29 heavy (non-hydrogen) atoms. The third-order valence-electron chi connectivity index (χ3n) is 4.89. The fourth-order valence-electron chi connectivity index (χ4n) is 3.12. The first kappa shape index (κ1) is 22.9. The van der Waals surface area contributed by atoms with Gasteiger partial charge in [-0.05, 0) is 44.4 Å². The van der Waals surface area contributed by atoms with Gasteiger partial charge in [0, 0.05) is 29.4 Å². The second kappa shape index (κ2) is 12.9. The molecule has 0 atom stereocenters. The van der Waals surface area contributed by atoms with E-state index in [0.717, 1.165) is 24.2 Å². The maximum atomic E-state index is 10.1. The Morgan fingerprint density at radius 1 is 1.03 bits per heavy atom. The van der Waals surface area contributed by atoms with Crippen LogP contribution < -0.4 is 5.32 Å². The van der Waals surface area contributed by atoms with E-state index in [4.69, 9.17) is 5.11 Å². The molecule has 0 saturated heterocycles. The number of carbonyl (C=O) groups is 1. The van der Waals surface area contributed by atoms with E-state index in [9.17, 15) is 4.79 Å². The molecule has 0 bridgehead atoms. The molecule has 5 nitrogen and oxygen atoms in total. The van der Waals surface area contributed by atoms with Gasteiger partial charge < -0.3 is 10.4 Å². The molecular formula is C24H35N3O2. The minimum Gasteiger partial charge on any atom is -0.481 e. The van der Waals surface area contributed by atoms with Gasteiger partial charge in [0.2, 0.25) is 5.95 Å². The predicted molar refractivity (Wildman–Crippen MR) is 119 cm³/mol. The highest BCUT2D eigenvalue weighted by Gasteiger charge is 2.25. The molecule has 1 saturated carbocycles. The number of para-hydroxylation sites is 1. The summed E-state index contributed by atoms with van der Waals surface area (Å²) in [6, 6.07) is 12.1. The van der Waals surface area contributed by atoms with Gasteiger partial charge >= 0.3 is 5.97 Å². The Bertz CT molecular complexity index is 730. The number of nitrogens with zero attached hydrogens (tertiary/aromatic N) is 2. The molecule has 3 rings (SSSR count). The SMILES string of the molecule is CCCCCCCCCC(=O)O.Cc1cc(C2CC2)nc(Nc2ccccc2)n1. The lowest BCUT2D eigenvalue weighted by Crippen LogP contribution is -2.01. The van der Waals surface area contributed by atoms with Crippen molar-refractivity contribution in [3.05, 3.63) is 47.8 Å². The zero-order chi connectivity index (χ0) is 20.9. The number of benzene rings is 1. The third-order valence-corrected chi connectivity index (χ3v) is 4.89. The molecule has 158 valence electrons. The summed E-state index contributed by atoms with van der Waals surface area (Å²) in [5, 5.41) is 11.6. The van der Waals surface area contributed by atoms with Crippen LogP contribution in [-0.4, -0.2) is 21.0 Å². The summed E-state index contributed by atoms with van der Waals surface area (Å²) in [5.41, 5.74) is 3.23. The Hall–Kier alpha value is -2.43. The molecule has 1 fully saturated rings. The summed E-state index contributed by atoms with van der Waals surface area (Å²) in [6.07, 6.45) is 11.2. The molecule has 0 amide bonds. The van der Waals surface area contributed by atoms with Crippen molar-refractivity contribution in [2.24, 2.45) is 0 Å². The highest BCUT2D eigenvalue weighted by molar-refractivity contribution is 5.66. The molecule has 2 N–H and O–H groups in total. The Kier molecular flexibility index (Phi) is 10.2. The molecule has 1 aromatic heterocycles. The largest absolute Gasteiger partial charge is 0.481 e. The molecule has 0 unspecified atom stereocenters. The smallest absolute Gasteiger partial charge is 0.303 e. The molecule has 1 aliphatic carbocycles. The molecule has 1 aromatic carbocycles. The highest BCUT2D eigenvalue weighted by atomic mass is 16.4. The molecular weight excluding hydrogens is 362 g/mol. The zero-order valence-corrected chi connectivity index (χ0v) is 17.9. The van der Waals surface area contributed by atoms with Gasteiger partial charge in [-0.3, -0.25) is 4.79 Å². The fraction of sp³-hybridized carbons (Fsp3) is 0.542. The third kappa shape index (κ3) is 10.1. The van der Waals surface area contributed by atoms with Crippen molar-refractivity contribution in [3.8, 4) is 0 Å². The minimum absolute atomic E-state index is 0.341. The number of carboxylic acid groups (broad SMARTS) is 1. The number of aryl methyl sites for hydroxylation is 1. The second-order valence-electron chi connectivity index (χ2n) is 7.79. The lowest BCUT2D eigenvalue weighted by Gasteiger charge is -2.07. The first-order valence-electron chi connectivity index (χ1n) is 11.0. The molecule has 0 radical (unpaired) electrons. The van der Waals surface area contributed by atoms with Crippen LogP contribution >= 0.6 is 0 Å². The highest BCUT2D eigenvalue weighted by Crippen LogP contribution is 2.39. The van der Waals surface area contributed by atoms with Gasteiger partial charge in [0.25, 0.3) is 0 Å². The monoisotopic (exact) mass is 397 g/mol. The average molecular weight is 398 g/mol. The van der Waals surface area contributed by atoms with E-state index in [1.165, 1.54) is 50.6 Å². The van der Waals surface area contributed by atoms with Gasteiger partial charge in [0.05, 0.1) is 0 Å². The predicted octanol–water partition coefficient (Wildman–Crippen LogP) is 6.62. The molecule has 1 aliphatic rings. The number of aromatic nitrogens is 2. The van der Waals surface area contributed by atoms with Crippen LogP contribution in [0, 0.1) is 6.92 Å². The summed E-state index contributed by atoms with van der Waals surface area (Å²) >= 11 is 0. The number of rotatable bonds is 11. The minimum atomic E-state index is -0.663. The van der Waals surface area contributed by atoms with Crippen LogP contribution in [0.2, 0.25) is 0 Å². The van der Waals surface area contributed by atoms with Crippen LogP contribution in [0.25, 0.3) is 0 Å². The van der Waals surface area contributed by atoms with Crippen LogP contribution in [0.4, 0.5) is 11.6 Å². The van der Waals surface area contributed by atoms with E-state index in [0.29, 0.717) is 18.3 Å². The normalized spacial score (nSPS) is 12.8. The number of carboxylic acids is 1. The number of aliphatic carboxylic acids is 1. The fourth-order valence-corrected chi connectivity index (χ4v) is 3.12. The Balaban J connectivity index is 0.000000223. The standard InChI is InChI=1S/C14H15N3.C10H20O2/c1-10-9-13(11-7-8-11)17-14(15-10)16-12-5-3-2-4-6-12;1-2-3-4-5-6-7-8-9-10(11)12/h2-6,9,11H,7-8H2,1H3,(H,15,16,17);2-9H2,1H3,(H,11,12). The van der Waals surface area contributed by atoms with Crippen molar-refractivity contribution >= 4 is 17.6 Å². The van der Waals surface area contributed by atoms with Gasteiger partial charge in [-0.15, -0.1) is 0 Å². The maximum absolute atomic E-state index is 10.1. The van der Waals surface area contributed by atoms with Crippen LogP contribution in [0.15, 0.2) is 36.4 Å². The topological polar surface area (TPSA) is 75.1 Å². The van der Waals surface area contributed by atoms with Crippen molar-refractivity contribution in [3.63, 3.8) is 0 Å². The van der Waals surface area contributed by atoms with E-state index in [-0.39, 0.29) is 0 Å². The molecule has 0 aliphatic heterocycles. The van der Waals surface area contributed by atoms with E-state index in [2.05, 4.69) is 28.3 Å². The number of anilines is 2. The van der Waals surface area contributed by atoms with Crippen LogP contribution in [0.3, 0.4) is 0 Å². The first-order valence-corrected chi connectivity index (χ1v) is 11.0. The molecule has 0 spiro atoms. The molecule has 5 heteroatoms. The van der Waals surface area contributed by atoms with Gasteiger partial charge in [0.1, 0.15) is 0 Å². The summed E-state index contributed by atoms with van der Waals surface area (Å²) in [4.78, 5) is 19.1. The van der Waals surface area contributed by atoms with Crippen LogP contribution in [-0.2, 0) is 4.79 Å². The Morgan fingerprint density at radius 2 is 1.69 bits per heavy atom. The van der Waals surface area contributed by atoms with Gasteiger partial charge in [-0.1, -0.05) is 63.6 Å². The maximum Gasteiger partial charge on any atom is 0.303 e. The van der Waals surface area contributed by atoms with Crippen LogP contribution in [0.1, 0.15) is 88.4 Å². The quantitative estimate of drug-likeness (QED) is 0.417. The van der Waals surface area contributed by atoms with Crippen molar-refractivity contribution in [1.29, 1.82) is 0 Å². The van der Waals surface area contributed by atoms with Crippen molar-refractivity contribution in [2.45, 2.75) is 84.0 Å². The molecule has 1 heterocycles. The van der Waals surface area contributed by atoms with Gasteiger partial charge in [-0.2, -0.15) is 0 Å². The van der Waals surface area contributed by atoms with Crippen molar-refractivity contribution < 1.29 is 9.90 Å². The second-order valence-corrected chi connectivity index (χ2v) is 7.79. The number of hydrogen-bond donors (Lipinski definition) is 2. The average Bonchev–Trinajstić information content (AvgIpc) is 3.53. The van der Waals surface area contributed by atoms with Crippen LogP contribution in [0.5, 0.6) is 0 Å². The molecule has 2 aromatic rings. The van der Waals surface area contributed by atoms with E-state index in [1.54, 1.807) is 0 Å². The number of nitrogens with one attached hydrogen (secondary N) is 1. The van der Waals surface area contributed by atoms with Gasteiger partial charge in [0.15, 0.2) is 0 Å². The summed E-state index contributed by atoms with van der Waals surface area (Å²) in [5.74, 6) is 0.703. The number of hydrogen-bond acceptors (Lipinski definition) is 4. The first-order chi connectivity index (χ1) is 14.1. The van der Waals surface area contributed by atoms with Crippen molar-refractivity contribution in [1.82, 2.24) is 9.97 Å². The number of unbranched alkanes of at least 4 members (excludes halogenated alkanes) is 6. The Labute approximate surface area is 175 Å². The van der Waals surface area contributed by atoms with Gasteiger partial charge in [-0.25, -0.2) is 9.97 Å². The Morgan fingerprint density at radius 3 is 2.31 bits per heavy atom. The van der Waals surface area contributed by atoms with E-state index in [1.807, 2.05) is 37.3 Å². The van der Waals surface area contributed by atoms with Crippen molar-refractivity contribution in [2.75, 3.05) is 5.32 Å². The van der Waals surface area contributed by atoms with E-state index >= 15 is 0 Å². The van der Waals surface area contributed by atoms with E-state index < -0.39 is 5.97 Å². The summed E-state index contributed by atoms with van der Waals surface area (Å²) < 4.78 is 0. The lowest BCUT2D eigenvalue weighted by molar-refractivity contribution is -0.137.